The summed E-state index contributed by atoms with van der Waals surface area (Å²) in [6.45, 7) is 10.5. The maximum Gasteiger partial charge on any atom is 0.154 e. The van der Waals surface area contributed by atoms with Gasteiger partial charge in [0.15, 0.2) is 11.6 Å². The molecule has 0 atom stereocenters. The van der Waals surface area contributed by atoms with E-state index in [0.29, 0.717) is 0 Å². The third kappa shape index (κ3) is 14.6. The fourth-order valence-corrected chi connectivity index (χ4v) is 1.83. The van der Waals surface area contributed by atoms with E-state index in [9.17, 15) is 9.59 Å². The second-order valence-electron chi connectivity index (χ2n) is 5.19. The van der Waals surface area contributed by atoms with Crippen molar-refractivity contribution in [3.05, 3.63) is 23.5 Å². The minimum absolute atomic E-state index is 0.0692. The van der Waals surface area contributed by atoms with Crippen LogP contribution in [0.15, 0.2) is 23.5 Å². The van der Waals surface area contributed by atoms with Gasteiger partial charge in [-0.3, -0.25) is 9.59 Å². The zero-order chi connectivity index (χ0) is 16.1. The van der Waals surface area contributed by atoms with Gasteiger partial charge < -0.3 is 16.0 Å². The molecule has 21 heavy (non-hydrogen) atoms. The summed E-state index contributed by atoms with van der Waals surface area (Å²) in [5, 5.41) is 9.76. The topological polar surface area (TPSA) is 70.2 Å². The second kappa shape index (κ2) is 12.1. The Morgan fingerprint density at radius 3 is 1.43 bits per heavy atom. The molecule has 0 amide bonds. The number of nitrogens with one attached hydrogen (secondary N) is 3. The third-order valence-corrected chi connectivity index (χ3v) is 2.71. The van der Waals surface area contributed by atoms with E-state index in [2.05, 4.69) is 16.0 Å². The fraction of sp³-hybridized carbons (Fsp3) is 0.625. The summed E-state index contributed by atoms with van der Waals surface area (Å²) in [6.07, 6.45) is 5.24. The predicted octanol–water partition coefficient (Wildman–Crippen LogP) is 1.52. The van der Waals surface area contributed by atoms with Gasteiger partial charge in [0.05, 0.1) is 0 Å². The fourth-order valence-electron chi connectivity index (χ4n) is 1.83. The van der Waals surface area contributed by atoms with Crippen molar-refractivity contribution in [2.24, 2.45) is 0 Å². The summed E-state index contributed by atoms with van der Waals surface area (Å²) in [5.74, 6) is 0.138. The van der Waals surface area contributed by atoms with Crippen LogP contribution in [-0.4, -0.2) is 37.7 Å². The SMILES string of the molecule is CC(=O)/C=C(/C)NCCCNCCCN/C(C)=C\C(C)=O. The first-order valence-electron chi connectivity index (χ1n) is 7.48. The number of hydrogen-bond acceptors (Lipinski definition) is 5. The van der Waals surface area contributed by atoms with E-state index in [0.717, 1.165) is 50.4 Å². The lowest BCUT2D eigenvalue weighted by atomic mass is 10.3. The third-order valence-electron chi connectivity index (χ3n) is 2.71. The number of rotatable bonds is 12. The zero-order valence-electron chi connectivity index (χ0n) is 13.7. The first-order valence-corrected chi connectivity index (χ1v) is 7.48. The molecule has 0 aromatic rings. The molecule has 0 aliphatic heterocycles. The number of carbonyl (C=O) groups is 2. The van der Waals surface area contributed by atoms with Crippen molar-refractivity contribution in [1.29, 1.82) is 0 Å². The molecule has 0 rings (SSSR count). The number of allylic oxidation sites excluding steroid dienone is 4. The first-order chi connectivity index (χ1) is 9.91. The van der Waals surface area contributed by atoms with Crippen molar-refractivity contribution in [3.8, 4) is 0 Å². The molecule has 0 unspecified atom stereocenters. The Hall–Kier alpha value is -1.62. The smallest absolute Gasteiger partial charge is 0.154 e. The van der Waals surface area contributed by atoms with Crippen molar-refractivity contribution in [2.45, 2.75) is 40.5 Å². The standard InChI is InChI=1S/C16H29N3O2/c1-13(11-15(3)20)18-9-5-7-17-8-6-10-19-14(2)12-16(4)21/h11-12,17-19H,5-10H2,1-4H3/b13-11-,14-12-. The number of hydrogen-bond donors (Lipinski definition) is 3. The number of ketones is 2. The molecule has 0 spiro atoms. The van der Waals surface area contributed by atoms with E-state index in [4.69, 9.17) is 0 Å². The minimum atomic E-state index is 0.0692. The van der Waals surface area contributed by atoms with E-state index in [1.54, 1.807) is 26.0 Å². The Bertz CT molecular complexity index is 351. The largest absolute Gasteiger partial charge is 0.388 e. The molecule has 0 bridgehead atoms. The molecule has 0 radical (unpaired) electrons. The molecule has 120 valence electrons. The van der Waals surface area contributed by atoms with Crippen molar-refractivity contribution >= 4 is 11.6 Å². The van der Waals surface area contributed by atoms with Gasteiger partial charge in [0.1, 0.15) is 0 Å². The van der Waals surface area contributed by atoms with Gasteiger partial charge in [-0.15, -0.1) is 0 Å². The molecule has 5 heteroatoms. The summed E-state index contributed by atoms with van der Waals surface area (Å²) in [6, 6.07) is 0. The highest BCUT2D eigenvalue weighted by Gasteiger charge is 1.94. The minimum Gasteiger partial charge on any atom is -0.388 e. The zero-order valence-corrected chi connectivity index (χ0v) is 13.7. The molecule has 0 aromatic carbocycles. The van der Waals surface area contributed by atoms with Crippen LogP contribution in [0.5, 0.6) is 0 Å². The van der Waals surface area contributed by atoms with Crippen LogP contribution < -0.4 is 16.0 Å². The van der Waals surface area contributed by atoms with Crippen LogP contribution in [-0.2, 0) is 9.59 Å². The van der Waals surface area contributed by atoms with E-state index in [1.165, 1.54) is 0 Å². The molecule has 0 saturated carbocycles. The maximum atomic E-state index is 10.8. The summed E-state index contributed by atoms with van der Waals surface area (Å²) in [5.41, 5.74) is 1.83. The van der Waals surface area contributed by atoms with Crippen molar-refractivity contribution in [2.75, 3.05) is 26.2 Å². The lowest BCUT2D eigenvalue weighted by Crippen LogP contribution is -2.24. The summed E-state index contributed by atoms with van der Waals surface area (Å²) < 4.78 is 0. The predicted molar refractivity (Wildman–Crippen MR) is 87.0 cm³/mol. The van der Waals surface area contributed by atoms with Crippen LogP contribution in [0.1, 0.15) is 40.5 Å². The lowest BCUT2D eigenvalue weighted by Gasteiger charge is -2.08. The van der Waals surface area contributed by atoms with Crippen LogP contribution in [0.2, 0.25) is 0 Å². The van der Waals surface area contributed by atoms with E-state index >= 15 is 0 Å². The van der Waals surface area contributed by atoms with Crippen molar-refractivity contribution < 1.29 is 9.59 Å². The Morgan fingerprint density at radius 1 is 0.714 bits per heavy atom. The Morgan fingerprint density at radius 2 is 1.10 bits per heavy atom. The highest BCUT2D eigenvalue weighted by molar-refractivity contribution is 5.88. The average molecular weight is 295 g/mol. The Kier molecular flexibility index (Phi) is 11.2. The van der Waals surface area contributed by atoms with Crippen LogP contribution in [0, 0.1) is 0 Å². The Labute approximate surface area is 128 Å². The van der Waals surface area contributed by atoms with Crippen LogP contribution in [0.3, 0.4) is 0 Å². The highest BCUT2D eigenvalue weighted by atomic mass is 16.1. The van der Waals surface area contributed by atoms with E-state index in [-0.39, 0.29) is 11.6 Å². The van der Waals surface area contributed by atoms with Gasteiger partial charge in [0, 0.05) is 24.5 Å². The molecule has 3 N–H and O–H groups in total. The van der Waals surface area contributed by atoms with E-state index in [1.807, 2.05) is 13.8 Å². The second-order valence-corrected chi connectivity index (χ2v) is 5.19. The molecular formula is C16H29N3O2. The van der Waals surface area contributed by atoms with Crippen molar-refractivity contribution in [3.63, 3.8) is 0 Å². The average Bonchev–Trinajstić information content (AvgIpc) is 2.34. The van der Waals surface area contributed by atoms with Gasteiger partial charge in [-0.05, 0) is 65.8 Å². The molecule has 0 fully saturated rings. The molecule has 5 nitrogen and oxygen atoms in total. The van der Waals surface area contributed by atoms with Crippen LogP contribution in [0.4, 0.5) is 0 Å². The Balaban J connectivity index is 3.41. The lowest BCUT2D eigenvalue weighted by molar-refractivity contribution is -0.113. The summed E-state index contributed by atoms with van der Waals surface area (Å²) >= 11 is 0. The van der Waals surface area contributed by atoms with Crippen LogP contribution in [0.25, 0.3) is 0 Å². The van der Waals surface area contributed by atoms with Gasteiger partial charge in [-0.2, -0.15) is 0 Å². The van der Waals surface area contributed by atoms with Gasteiger partial charge in [0.2, 0.25) is 0 Å². The maximum absolute atomic E-state index is 10.8. The summed E-state index contributed by atoms with van der Waals surface area (Å²) in [4.78, 5) is 21.7. The van der Waals surface area contributed by atoms with Gasteiger partial charge in [0.25, 0.3) is 0 Å². The van der Waals surface area contributed by atoms with Gasteiger partial charge in [-0.25, -0.2) is 0 Å². The number of carbonyl (C=O) groups excluding carboxylic acids is 2. The van der Waals surface area contributed by atoms with Crippen LogP contribution >= 0.6 is 0 Å². The highest BCUT2D eigenvalue weighted by Crippen LogP contribution is 1.89. The summed E-state index contributed by atoms with van der Waals surface area (Å²) in [7, 11) is 0. The first kappa shape index (κ1) is 19.4. The van der Waals surface area contributed by atoms with Crippen molar-refractivity contribution in [1.82, 2.24) is 16.0 Å². The molecule has 0 heterocycles. The van der Waals surface area contributed by atoms with Gasteiger partial charge >= 0.3 is 0 Å². The molecule has 0 saturated heterocycles. The molecule has 0 aliphatic rings. The molecule has 0 aromatic heterocycles. The molecular weight excluding hydrogens is 266 g/mol. The quantitative estimate of drug-likeness (QED) is 0.376. The van der Waals surface area contributed by atoms with Gasteiger partial charge in [-0.1, -0.05) is 0 Å². The molecule has 0 aliphatic carbocycles. The normalized spacial score (nSPS) is 12.2. The monoisotopic (exact) mass is 295 g/mol. The van der Waals surface area contributed by atoms with E-state index < -0.39 is 0 Å².